The van der Waals surface area contributed by atoms with Gasteiger partial charge in [-0.15, -0.1) is 6.42 Å². The van der Waals surface area contributed by atoms with Crippen LogP contribution in [0, 0.1) is 12.3 Å². The van der Waals surface area contributed by atoms with E-state index in [-0.39, 0.29) is 37.2 Å². The van der Waals surface area contributed by atoms with Crippen molar-refractivity contribution in [1.29, 1.82) is 0 Å². The number of ether oxygens (including phenoxy) is 3. The molecule has 10 nitrogen and oxygen atoms in total. The highest BCUT2D eigenvalue weighted by Gasteiger charge is 2.30. The van der Waals surface area contributed by atoms with Gasteiger partial charge in [-0.2, -0.15) is 11.8 Å². The highest BCUT2D eigenvalue weighted by molar-refractivity contribution is 7.99. The summed E-state index contributed by atoms with van der Waals surface area (Å²) in [4.78, 5) is 48.4. The van der Waals surface area contributed by atoms with E-state index >= 15 is 0 Å². The maximum absolute atomic E-state index is 12.5. The molecule has 0 bridgehead atoms. The van der Waals surface area contributed by atoms with Crippen molar-refractivity contribution in [3.8, 4) is 23.5 Å². The molecular formula is C28H28N2O8S. The molecule has 2 amide bonds. The molecule has 0 aliphatic heterocycles. The van der Waals surface area contributed by atoms with Crippen molar-refractivity contribution in [3.05, 3.63) is 72.3 Å². The number of carboxylic acid groups (broad SMARTS) is 1. The molecule has 0 heterocycles. The fourth-order valence-electron chi connectivity index (χ4n) is 3.96. The Morgan fingerprint density at radius 1 is 0.949 bits per heavy atom. The molecule has 0 aromatic heterocycles. The molecule has 204 valence electrons. The number of carboxylic acids is 1. The first-order valence-electron chi connectivity index (χ1n) is 11.9. The molecular weight excluding hydrogens is 524 g/mol. The maximum Gasteiger partial charge on any atom is 0.408 e. The molecule has 0 unspecified atom stereocenters. The Morgan fingerprint density at radius 2 is 1.51 bits per heavy atom. The van der Waals surface area contributed by atoms with E-state index in [4.69, 9.17) is 20.6 Å². The predicted octanol–water partition coefficient (Wildman–Crippen LogP) is 3.17. The van der Waals surface area contributed by atoms with Gasteiger partial charge >= 0.3 is 24.1 Å². The highest BCUT2D eigenvalue weighted by atomic mass is 32.2. The maximum atomic E-state index is 12.5. The van der Waals surface area contributed by atoms with Crippen LogP contribution >= 0.6 is 11.8 Å². The summed E-state index contributed by atoms with van der Waals surface area (Å²) < 4.78 is 15.1. The minimum Gasteiger partial charge on any atom is -0.480 e. The van der Waals surface area contributed by atoms with Crippen molar-refractivity contribution in [1.82, 2.24) is 10.6 Å². The number of nitrogens with one attached hydrogen (secondary N) is 2. The molecule has 2 aromatic rings. The first-order chi connectivity index (χ1) is 18.8. The number of hydrogen-bond donors (Lipinski definition) is 3. The molecule has 11 heteroatoms. The van der Waals surface area contributed by atoms with Gasteiger partial charge in [0.15, 0.2) is 6.61 Å². The minimum absolute atomic E-state index is 0.0270. The van der Waals surface area contributed by atoms with Crippen LogP contribution in [0.5, 0.6) is 0 Å². The molecule has 2 aromatic carbocycles. The van der Waals surface area contributed by atoms with Gasteiger partial charge in [0.25, 0.3) is 0 Å². The van der Waals surface area contributed by atoms with E-state index in [2.05, 4.69) is 23.1 Å². The third-order valence-corrected chi connectivity index (χ3v) is 6.85. The predicted molar refractivity (Wildman–Crippen MR) is 145 cm³/mol. The molecule has 39 heavy (non-hydrogen) atoms. The smallest absolute Gasteiger partial charge is 0.408 e. The van der Waals surface area contributed by atoms with Crippen molar-refractivity contribution < 1.29 is 38.5 Å². The van der Waals surface area contributed by atoms with Crippen LogP contribution in [0.3, 0.4) is 0 Å². The highest BCUT2D eigenvalue weighted by Crippen LogP contribution is 2.44. The van der Waals surface area contributed by atoms with Gasteiger partial charge < -0.3 is 30.0 Å². The topological polar surface area (TPSA) is 140 Å². The van der Waals surface area contributed by atoms with Gasteiger partial charge in [-0.05, 0) is 22.3 Å². The lowest BCUT2D eigenvalue weighted by molar-refractivity contribution is -0.144. The number of esters is 1. The summed E-state index contributed by atoms with van der Waals surface area (Å²) in [6, 6.07) is 13.2. The van der Waals surface area contributed by atoms with Crippen LogP contribution in [0.2, 0.25) is 0 Å². The van der Waals surface area contributed by atoms with Crippen molar-refractivity contribution in [3.63, 3.8) is 0 Å². The number of rotatable bonds is 13. The molecule has 3 rings (SSSR count). The van der Waals surface area contributed by atoms with Crippen LogP contribution in [-0.4, -0.2) is 72.6 Å². The van der Waals surface area contributed by atoms with E-state index in [9.17, 15) is 24.3 Å². The Labute approximate surface area is 230 Å². The summed E-state index contributed by atoms with van der Waals surface area (Å²) in [5.41, 5.74) is 4.19. The number of amides is 2. The second-order valence-electron chi connectivity index (χ2n) is 8.29. The third-order valence-electron chi connectivity index (χ3n) is 5.71. The van der Waals surface area contributed by atoms with Crippen LogP contribution in [0.15, 0.2) is 61.2 Å². The average molecular weight is 553 g/mol. The van der Waals surface area contributed by atoms with Crippen LogP contribution in [0.4, 0.5) is 9.59 Å². The zero-order valence-corrected chi connectivity index (χ0v) is 21.8. The molecule has 3 N–H and O–H groups in total. The Morgan fingerprint density at radius 3 is 2.10 bits per heavy atom. The van der Waals surface area contributed by atoms with Crippen LogP contribution in [0.25, 0.3) is 11.1 Å². The van der Waals surface area contributed by atoms with Gasteiger partial charge in [0.05, 0.1) is 0 Å². The normalized spacial score (nSPS) is 13.0. The molecule has 0 spiro atoms. The Balaban J connectivity index is 1.55. The summed E-state index contributed by atoms with van der Waals surface area (Å²) in [5.74, 6) is -0.323. The number of terminal acetylenes is 1. The zero-order valence-electron chi connectivity index (χ0n) is 21.0. The van der Waals surface area contributed by atoms with E-state index in [1.807, 2.05) is 48.5 Å². The van der Waals surface area contributed by atoms with Gasteiger partial charge in [-0.25, -0.2) is 19.2 Å². The number of hydrogen-bond acceptors (Lipinski definition) is 8. The first kappa shape index (κ1) is 29.1. The fourth-order valence-corrected chi connectivity index (χ4v) is 5.01. The average Bonchev–Trinajstić information content (AvgIpc) is 3.26. The van der Waals surface area contributed by atoms with Gasteiger partial charge in [0, 0.05) is 17.4 Å². The summed E-state index contributed by atoms with van der Waals surface area (Å²) in [7, 11) is 0. The number of carbonyl (C=O) groups excluding carboxylic acids is 3. The van der Waals surface area contributed by atoms with Gasteiger partial charge in [-0.3, -0.25) is 0 Å². The van der Waals surface area contributed by atoms with Crippen LogP contribution in [0.1, 0.15) is 17.0 Å². The summed E-state index contributed by atoms with van der Waals surface area (Å²) in [5, 5.41) is 14.3. The van der Waals surface area contributed by atoms with E-state index < -0.39 is 36.2 Å². The Bertz CT molecular complexity index is 1210. The number of aliphatic carboxylic acids is 1. The van der Waals surface area contributed by atoms with E-state index in [1.165, 1.54) is 6.08 Å². The zero-order chi connectivity index (χ0) is 28.2. The van der Waals surface area contributed by atoms with Crippen LogP contribution < -0.4 is 10.6 Å². The Kier molecular flexibility index (Phi) is 10.8. The van der Waals surface area contributed by atoms with E-state index in [1.54, 1.807) is 0 Å². The van der Waals surface area contributed by atoms with Gasteiger partial charge in [0.1, 0.15) is 25.3 Å². The standard InChI is InChI=1S/C28H28N2O8S/c1-3-13-36-26(33)24(30-27(34)37-14-4-2)17-39-16-23(25(31)32)29-28(35)38-15-22-20-11-7-5-9-18(20)19-10-6-8-12-21(19)22/h1,4-12,22-24H,2,13-17H2,(H,29,35)(H,30,34)(H,31,32)/t23-,24-/m0/s1. The lowest BCUT2D eigenvalue weighted by Crippen LogP contribution is -2.46. The fraction of sp³-hybridized carbons (Fsp3) is 0.286. The largest absolute Gasteiger partial charge is 0.480 e. The second-order valence-corrected chi connectivity index (χ2v) is 9.37. The van der Waals surface area contributed by atoms with Crippen molar-refractivity contribution in [2.24, 2.45) is 0 Å². The van der Waals surface area contributed by atoms with E-state index in [0.29, 0.717) is 0 Å². The number of alkyl carbamates (subject to hydrolysis) is 2. The molecule has 2 atom stereocenters. The Hall–Kier alpha value is -4.43. The van der Waals surface area contributed by atoms with Gasteiger partial charge in [0.2, 0.25) is 0 Å². The quantitative estimate of drug-likeness (QED) is 0.148. The monoisotopic (exact) mass is 552 g/mol. The summed E-state index contributed by atoms with van der Waals surface area (Å²) in [6.45, 7) is 3.08. The lowest BCUT2D eigenvalue weighted by Gasteiger charge is -2.19. The van der Waals surface area contributed by atoms with Crippen molar-refractivity contribution in [2.45, 2.75) is 18.0 Å². The first-order valence-corrected chi connectivity index (χ1v) is 13.1. The molecule has 0 saturated heterocycles. The van der Waals surface area contributed by atoms with E-state index in [0.717, 1.165) is 34.0 Å². The lowest BCUT2D eigenvalue weighted by atomic mass is 9.98. The van der Waals surface area contributed by atoms with Crippen LogP contribution in [-0.2, 0) is 23.8 Å². The SMILES string of the molecule is C#CCOC(=O)[C@H](CSC[C@H](NC(=O)OCC1c2ccccc2-c2ccccc21)C(=O)O)NC(=O)OCC=C. The minimum atomic E-state index is -1.32. The number of thioether (sulfide) groups is 1. The number of fused-ring (bicyclic) bond motifs is 3. The van der Waals surface area contributed by atoms with Crippen molar-refractivity contribution >= 4 is 35.9 Å². The second kappa shape index (κ2) is 14.5. The summed E-state index contributed by atoms with van der Waals surface area (Å²) in [6.07, 6.45) is 4.68. The third kappa shape index (κ3) is 8.02. The summed E-state index contributed by atoms with van der Waals surface area (Å²) >= 11 is 0.998. The molecule has 0 radical (unpaired) electrons. The van der Waals surface area contributed by atoms with Crippen molar-refractivity contribution in [2.75, 3.05) is 31.3 Å². The van der Waals surface area contributed by atoms with Gasteiger partial charge in [-0.1, -0.05) is 67.1 Å². The molecule has 1 aliphatic carbocycles. The molecule has 0 fully saturated rings. The number of carbonyl (C=O) groups is 4. The molecule has 1 aliphatic rings. The number of benzene rings is 2. The molecule has 0 saturated carbocycles.